The van der Waals surface area contributed by atoms with Gasteiger partial charge in [-0.05, 0) is 36.8 Å². The van der Waals surface area contributed by atoms with Crippen LogP contribution in [0.4, 0.5) is 5.69 Å². The van der Waals surface area contributed by atoms with Crippen molar-refractivity contribution in [3.63, 3.8) is 0 Å². The second-order valence-corrected chi connectivity index (χ2v) is 6.07. The number of rotatable bonds is 4. The average Bonchev–Trinajstić information content (AvgIpc) is 2.70. The first kappa shape index (κ1) is 14.2. The van der Waals surface area contributed by atoms with Gasteiger partial charge >= 0.3 is 5.97 Å². The molecule has 1 heterocycles. The van der Waals surface area contributed by atoms with Gasteiger partial charge in [0.15, 0.2) is 0 Å². The van der Waals surface area contributed by atoms with Gasteiger partial charge in [0.2, 0.25) is 0 Å². The van der Waals surface area contributed by atoms with Crippen LogP contribution in [-0.2, 0) is 6.54 Å². The number of carboxylic acids is 1. The largest absolute Gasteiger partial charge is 0.477 e. The SMILES string of the molecule is Cc1sc(C(=O)O)cc1CNc1ccc(Cl)cc1Cl. The van der Waals surface area contributed by atoms with E-state index in [1.165, 1.54) is 11.3 Å². The lowest BCUT2D eigenvalue weighted by molar-refractivity contribution is 0.0702. The van der Waals surface area contributed by atoms with Crippen LogP contribution >= 0.6 is 34.5 Å². The van der Waals surface area contributed by atoms with Gasteiger partial charge < -0.3 is 10.4 Å². The van der Waals surface area contributed by atoms with E-state index in [2.05, 4.69) is 5.32 Å². The minimum Gasteiger partial charge on any atom is -0.477 e. The summed E-state index contributed by atoms with van der Waals surface area (Å²) >= 11 is 13.1. The minimum absolute atomic E-state index is 0.344. The van der Waals surface area contributed by atoms with Crippen LogP contribution in [0.15, 0.2) is 24.3 Å². The Labute approximate surface area is 124 Å². The van der Waals surface area contributed by atoms with E-state index in [-0.39, 0.29) is 0 Å². The van der Waals surface area contributed by atoms with Crippen molar-refractivity contribution in [2.45, 2.75) is 13.5 Å². The Hall–Kier alpha value is -1.23. The second kappa shape index (κ2) is 5.82. The summed E-state index contributed by atoms with van der Waals surface area (Å²) in [6.07, 6.45) is 0. The molecule has 1 aromatic carbocycles. The number of nitrogens with one attached hydrogen (secondary N) is 1. The summed E-state index contributed by atoms with van der Waals surface area (Å²) in [6.45, 7) is 2.43. The Balaban J connectivity index is 2.12. The first-order valence-corrected chi connectivity index (χ1v) is 7.06. The average molecular weight is 316 g/mol. The number of aryl methyl sites for hydroxylation is 1. The fourth-order valence-electron chi connectivity index (χ4n) is 1.62. The highest BCUT2D eigenvalue weighted by molar-refractivity contribution is 7.14. The summed E-state index contributed by atoms with van der Waals surface area (Å²) in [6, 6.07) is 6.89. The van der Waals surface area contributed by atoms with Crippen molar-refractivity contribution in [2.24, 2.45) is 0 Å². The summed E-state index contributed by atoms with van der Waals surface area (Å²) in [5.74, 6) is -0.899. The fraction of sp³-hybridized carbons (Fsp3) is 0.154. The van der Waals surface area contributed by atoms with E-state index in [9.17, 15) is 4.79 Å². The topological polar surface area (TPSA) is 49.3 Å². The molecule has 0 unspecified atom stereocenters. The summed E-state index contributed by atoms with van der Waals surface area (Å²) in [7, 11) is 0. The van der Waals surface area contributed by atoms with E-state index >= 15 is 0 Å². The zero-order chi connectivity index (χ0) is 14.0. The van der Waals surface area contributed by atoms with Gasteiger partial charge in [-0.2, -0.15) is 0 Å². The van der Waals surface area contributed by atoms with E-state index < -0.39 is 5.97 Å². The third-order valence-corrected chi connectivity index (χ3v) is 4.26. The molecule has 6 heteroatoms. The number of benzene rings is 1. The number of aromatic carboxylic acids is 1. The molecule has 0 spiro atoms. The van der Waals surface area contributed by atoms with Crippen molar-refractivity contribution in [3.05, 3.63) is 49.6 Å². The van der Waals surface area contributed by atoms with Gasteiger partial charge in [0.25, 0.3) is 0 Å². The van der Waals surface area contributed by atoms with Crippen molar-refractivity contribution >= 4 is 46.2 Å². The van der Waals surface area contributed by atoms with E-state index in [0.717, 1.165) is 16.1 Å². The number of hydrogen-bond acceptors (Lipinski definition) is 3. The van der Waals surface area contributed by atoms with Gasteiger partial charge in [-0.1, -0.05) is 23.2 Å². The Kier molecular flexibility index (Phi) is 4.34. The van der Waals surface area contributed by atoms with Crippen LogP contribution in [0, 0.1) is 6.92 Å². The number of thiophene rings is 1. The van der Waals surface area contributed by atoms with Crippen molar-refractivity contribution in [3.8, 4) is 0 Å². The lowest BCUT2D eigenvalue weighted by Crippen LogP contribution is -2.00. The van der Waals surface area contributed by atoms with Crippen LogP contribution in [-0.4, -0.2) is 11.1 Å². The normalized spacial score (nSPS) is 10.5. The quantitative estimate of drug-likeness (QED) is 0.861. The molecular weight excluding hydrogens is 305 g/mol. The van der Waals surface area contributed by atoms with Gasteiger partial charge in [0.1, 0.15) is 4.88 Å². The lowest BCUT2D eigenvalue weighted by atomic mass is 10.2. The molecule has 0 fully saturated rings. The van der Waals surface area contributed by atoms with E-state index in [1.54, 1.807) is 24.3 Å². The standard InChI is InChI=1S/C13H11Cl2NO2S/c1-7-8(4-12(19-7)13(17)18)6-16-11-3-2-9(14)5-10(11)15/h2-5,16H,6H2,1H3,(H,17,18). The number of hydrogen-bond donors (Lipinski definition) is 2. The molecule has 0 saturated carbocycles. The Morgan fingerprint density at radius 2 is 2.11 bits per heavy atom. The highest BCUT2D eigenvalue weighted by Gasteiger charge is 2.11. The third-order valence-electron chi connectivity index (χ3n) is 2.63. The molecule has 0 aliphatic heterocycles. The van der Waals surface area contributed by atoms with E-state index in [4.69, 9.17) is 28.3 Å². The van der Waals surface area contributed by atoms with Gasteiger partial charge in [-0.15, -0.1) is 11.3 Å². The van der Waals surface area contributed by atoms with Crippen molar-refractivity contribution in [1.29, 1.82) is 0 Å². The van der Waals surface area contributed by atoms with E-state index in [1.807, 2.05) is 6.92 Å². The Morgan fingerprint density at radius 3 is 2.68 bits per heavy atom. The molecule has 0 amide bonds. The minimum atomic E-state index is -0.899. The zero-order valence-electron chi connectivity index (χ0n) is 10.0. The molecule has 0 bridgehead atoms. The van der Waals surface area contributed by atoms with Crippen LogP contribution in [0.25, 0.3) is 0 Å². The molecule has 0 aliphatic carbocycles. The predicted octanol–water partition coefficient (Wildman–Crippen LogP) is 4.67. The number of carbonyl (C=O) groups is 1. The van der Waals surface area contributed by atoms with Gasteiger partial charge in [0, 0.05) is 16.4 Å². The molecule has 0 saturated heterocycles. The Morgan fingerprint density at radius 1 is 1.37 bits per heavy atom. The molecule has 19 heavy (non-hydrogen) atoms. The van der Waals surface area contributed by atoms with E-state index in [0.29, 0.717) is 21.5 Å². The summed E-state index contributed by atoms with van der Waals surface area (Å²) in [4.78, 5) is 12.2. The first-order valence-electron chi connectivity index (χ1n) is 5.49. The summed E-state index contributed by atoms with van der Waals surface area (Å²) < 4.78 is 0. The fourth-order valence-corrected chi connectivity index (χ4v) is 2.98. The number of carboxylic acid groups (broad SMARTS) is 1. The highest BCUT2D eigenvalue weighted by atomic mass is 35.5. The number of halogens is 2. The van der Waals surface area contributed by atoms with Crippen LogP contribution in [0.1, 0.15) is 20.1 Å². The monoisotopic (exact) mass is 315 g/mol. The van der Waals surface area contributed by atoms with Crippen molar-refractivity contribution < 1.29 is 9.90 Å². The molecule has 2 N–H and O–H groups in total. The summed E-state index contributed by atoms with van der Waals surface area (Å²) in [5.41, 5.74) is 1.72. The lowest BCUT2D eigenvalue weighted by Gasteiger charge is -2.08. The second-order valence-electron chi connectivity index (χ2n) is 3.97. The molecule has 1 aromatic heterocycles. The molecule has 2 aromatic rings. The first-order chi connectivity index (χ1) is 8.97. The molecule has 3 nitrogen and oxygen atoms in total. The van der Waals surface area contributed by atoms with Gasteiger partial charge in [-0.3, -0.25) is 0 Å². The maximum Gasteiger partial charge on any atom is 0.345 e. The maximum atomic E-state index is 10.9. The molecule has 0 aliphatic rings. The number of anilines is 1. The van der Waals surface area contributed by atoms with Gasteiger partial charge in [-0.25, -0.2) is 4.79 Å². The van der Waals surface area contributed by atoms with Crippen molar-refractivity contribution in [2.75, 3.05) is 5.32 Å². The van der Waals surface area contributed by atoms with Crippen molar-refractivity contribution in [1.82, 2.24) is 0 Å². The molecule has 0 radical (unpaired) electrons. The molecular formula is C13H11Cl2NO2S. The smallest absolute Gasteiger partial charge is 0.345 e. The molecule has 100 valence electrons. The predicted molar refractivity (Wildman–Crippen MR) is 79.8 cm³/mol. The van der Waals surface area contributed by atoms with Crippen LogP contribution in [0.3, 0.4) is 0 Å². The maximum absolute atomic E-state index is 10.9. The third kappa shape index (κ3) is 3.41. The summed E-state index contributed by atoms with van der Waals surface area (Å²) in [5, 5.41) is 13.2. The van der Waals surface area contributed by atoms with Crippen LogP contribution in [0.5, 0.6) is 0 Å². The van der Waals surface area contributed by atoms with Crippen LogP contribution < -0.4 is 5.32 Å². The zero-order valence-corrected chi connectivity index (χ0v) is 12.4. The Bertz CT molecular complexity index is 625. The van der Waals surface area contributed by atoms with Crippen LogP contribution in [0.2, 0.25) is 10.0 Å². The molecule has 0 atom stereocenters. The molecule has 2 rings (SSSR count). The van der Waals surface area contributed by atoms with Gasteiger partial charge in [0.05, 0.1) is 10.7 Å². The highest BCUT2D eigenvalue weighted by Crippen LogP contribution is 2.27.